The zero-order valence-electron chi connectivity index (χ0n) is 12.2. The summed E-state index contributed by atoms with van der Waals surface area (Å²) in [6.07, 6.45) is 1.77. The number of carboxylic acids is 1. The highest BCUT2D eigenvalue weighted by Crippen LogP contribution is 2.19. The first-order valence-corrected chi connectivity index (χ1v) is 6.99. The number of imidazole rings is 1. The van der Waals surface area contributed by atoms with E-state index in [-0.39, 0.29) is 11.5 Å². The average Bonchev–Trinajstić information content (AvgIpc) is 2.76. The van der Waals surface area contributed by atoms with E-state index in [0.717, 1.165) is 24.2 Å². The number of aromatic nitrogens is 2. The summed E-state index contributed by atoms with van der Waals surface area (Å²) in [5.41, 5.74) is 1.81. The number of benzene rings is 1. The van der Waals surface area contributed by atoms with Crippen LogP contribution in [0.25, 0.3) is 11.0 Å². The van der Waals surface area contributed by atoms with Crippen LogP contribution in [0.4, 0.5) is 0 Å². The fraction of sp³-hybridized carbons (Fsp3) is 0.400. The molecule has 0 bridgehead atoms. The molecule has 112 valence electrons. The lowest BCUT2D eigenvalue weighted by Crippen LogP contribution is -2.25. The number of nitrogens with zero attached hydrogens (tertiary/aromatic N) is 2. The van der Waals surface area contributed by atoms with E-state index in [4.69, 9.17) is 5.11 Å². The van der Waals surface area contributed by atoms with Crippen molar-refractivity contribution in [1.82, 2.24) is 14.9 Å². The molecule has 21 heavy (non-hydrogen) atoms. The van der Waals surface area contributed by atoms with Crippen molar-refractivity contribution in [1.29, 1.82) is 0 Å². The second-order valence-electron chi connectivity index (χ2n) is 4.92. The van der Waals surface area contributed by atoms with Crippen LogP contribution >= 0.6 is 0 Å². The van der Waals surface area contributed by atoms with Crippen molar-refractivity contribution < 1.29 is 14.7 Å². The first kappa shape index (κ1) is 15.0. The van der Waals surface area contributed by atoms with E-state index in [2.05, 4.69) is 17.2 Å². The highest BCUT2D eigenvalue weighted by molar-refractivity contribution is 5.92. The molecule has 6 heteroatoms. The monoisotopic (exact) mass is 289 g/mol. The molecule has 0 aliphatic heterocycles. The van der Waals surface area contributed by atoms with Gasteiger partial charge in [0.1, 0.15) is 5.82 Å². The smallest absolute Gasteiger partial charge is 0.335 e. The minimum absolute atomic E-state index is 0.0652. The van der Waals surface area contributed by atoms with Crippen LogP contribution in [0.15, 0.2) is 18.2 Å². The van der Waals surface area contributed by atoms with Crippen molar-refractivity contribution in [2.45, 2.75) is 33.2 Å². The molecule has 0 saturated carbocycles. The Kier molecular flexibility index (Phi) is 4.57. The Balaban J connectivity index is 2.37. The Hall–Kier alpha value is -2.37. The number of aromatic carboxylic acids is 1. The normalized spacial score (nSPS) is 10.8. The average molecular weight is 289 g/mol. The lowest BCUT2D eigenvalue weighted by molar-refractivity contribution is -0.118. The van der Waals surface area contributed by atoms with Gasteiger partial charge in [-0.15, -0.1) is 0 Å². The number of fused-ring (bicyclic) bond motifs is 1. The predicted octanol–water partition coefficient (Wildman–Crippen LogP) is 1.82. The van der Waals surface area contributed by atoms with Gasteiger partial charge in [-0.1, -0.05) is 6.92 Å². The molecule has 2 N–H and O–H groups in total. The summed E-state index contributed by atoms with van der Waals surface area (Å²) in [4.78, 5) is 26.5. The van der Waals surface area contributed by atoms with Gasteiger partial charge >= 0.3 is 5.97 Å². The predicted molar refractivity (Wildman–Crippen MR) is 79.4 cm³/mol. The standard InChI is InChI=1S/C15H19N3O3/c1-3-4-14-17-12-9-11(15(20)21)5-6-13(12)18(14)8-7-16-10(2)19/h5-6,9H,3-4,7-8H2,1-2H3,(H,16,19)(H,20,21). The molecule has 0 saturated heterocycles. The molecular formula is C15H19N3O3. The molecule has 1 aromatic heterocycles. The minimum Gasteiger partial charge on any atom is -0.478 e. The number of rotatable bonds is 6. The minimum atomic E-state index is -0.957. The fourth-order valence-electron chi connectivity index (χ4n) is 2.32. The summed E-state index contributed by atoms with van der Waals surface area (Å²) in [5, 5.41) is 11.8. The molecule has 0 fully saturated rings. The van der Waals surface area contributed by atoms with E-state index >= 15 is 0 Å². The Morgan fingerprint density at radius 1 is 1.38 bits per heavy atom. The van der Waals surface area contributed by atoms with Crippen LogP contribution in [0, 0.1) is 0 Å². The first-order chi connectivity index (χ1) is 10.0. The van der Waals surface area contributed by atoms with Gasteiger partial charge in [-0.25, -0.2) is 9.78 Å². The van der Waals surface area contributed by atoms with E-state index in [9.17, 15) is 9.59 Å². The van der Waals surface area contributed by atoms with E-state index < -0.39 is 5.97 Å². The zero-order chi connectivity index (χ0) is 15.4. The number of aryl methyl sites for hydroxylation is 1. The quantitative estimate of drug-likeness (QED) is 0.849. The van der Waals surface area contributed by atoms with E-state index in [1.165, 1.54) is 6.92 Å². The van der Waals surface area contributed by atoms with Crippen LogP contribution < -0.4 is 5.32 Å². The van der Waals surface area contributed by atoms with E-state index in [1.807, 2.05) is 4.57 Å². The third-order valence-electron chi connectivity index (χ3n) is 3.26. The summed E-state index contributed by atoms with van der Waals surface area (Å²) < 4.78 is 2.04. The van der Waals surface area contributed by atoms with Crippen LogP contribution in [0.2, 0.25) is 0 Å². The second kappa shape index (κ2) is 6.39. The number of carbonyl (C=O) groups excluding carboxylic acids is 1. The van der Waals surface area contributed by atoms with Crippen molar-refractivity contribution in [3.8, 4) is 0 Å². The third kappa shape index (κ3) is 3.39. The molecule has 0 aliphatic rings. The summed E-state index contributed by atoms with van der Waals surface area (Å²) >= 11 is 0. The first-order valence-electron chi connectivity index (χ1n) is 6.99. The maximum Gasteiger partial charge on any atom is 0.335 e. The fourth-order valence-corrected chi connectivity index (χ4v) is 2.32. The Morgan fingerprint density at radius 2 is 2.14 bits per heavy atom. The van der Waals surface area contributed by atoms with Crippen molar-refractivity contribution in [2.24, 2.45) is 0 Å². The lowest BCUT2D eigenvalue weighted by atomic mass is 10.2. The van der Waals surface area contributed by atoms with Crippen LogP contribution in [-0.2, 0) is 17.8 Å². The number of carboxylic acid groups (broad SMARTS) is 1. The molecule has 1 heterocycles. The molecule has 0 unspecified atom stereocenters. The lowest BCUT2D eigenvalue weighted by Gasteiger charge is -2.09. The molecule has 2 rings (SSSR count). The van der Waals surface area contributed by atoms with Crippen molar-refractivity contribution in [3.63, 3.8) is 0 Å². The van der Waals surface area contributed by atoms with Crippen molar-refractivity contribution in [3.05, 3.63) is 29.6 Å². The Bertz CT molecular complexity index is 676. The largest absolute Gasteiger partial charge is 0.478 e. The molecule has 6 nitrogen and oxygen atoms in total. The highest BCUT2D eigenvalue weighted by Gasteiger charge is 2.12. The molecular weight excluding hydrogens is 270 g/mol. The zero-order valence-corrected chi connectivity index (χ0v) is 12.2. The third-order valence-corrected chi connectivity index (χ3v) is 3.26. The summed E-state index contributed by atoms with van der Waals surface area (Å²) in [7, 11) is 0. The molecule has 2 aromatic rings. The number of carbonyl (C=O) groups is 2. The SMILES string of the molecule is CCCc1nc2cc(C(=O)O)ccc2n1CCNC(C)=O. The van der Waals surface area contributed by atoms with Crippen molar-refractivity contribution >= 4 is 22.9 Å². The van der Waals surface area contributed by atoms with Gasteiger partial charge in [-0.2, -0.15) is 0 Å². The van der Waals surface area contributed by atoms with Gasteiger partial charge in [0.2, 0.25) is 5.91 Å². The van der Waals surface area contributed by atoms with Gasteiger partial charge in [0.15, 0.2) is 0 Å². The molecule has 0 aliphatic carbocycles. The molecule has 1 aromatic carbocycles. The van der Waals surface area contributed by atoms with Gasteiger partial charge in [0.25, 0.3) is 0 Å². The second-order valence-corrected chi connectivity index (χ2v) is 4.92. The number of hydrogen-bond donors (Lipinski definition) is 2. The number of amides is 1. The Morgan fingerprint density at radius 3 is 2.76 bits per heavy atom. The van der Waals surface area contributed by atoms with Gasteiger partial charge in [-0.3, -0.25) is 4.79 Å². The molecule has 0 radical (unpaired) electrons. The van der Waals surface area contributed by atoms with E-state index in [0.29, 0.717) is 18.6 Å². The Labute approximate surface area is 122 Å². The van der Waals surface area contributed by atoms with Gasteiger partial charge in [0.05, 0.1) is 16.6 Å². The summed E-state index contributed by atoms with van der Waals surface area (Å²) in [5.74, 6) is -0.105. The van der Waals surface area contributed by atoms with Crippen LogP contribution in [0.3, 0.4) is 0 Å². The number of hydrogen-bond acceptors (Lipinski definition) is 3. The van der Waals surface area contributed by atoms with E-state index in [1.54, 1.807) is 18.2 Å². The van der Waals surface area contributed by atoms with Gasteiger partial charge in [0, 0.05) is 26.4 Å². The van der Waals surface area contributed by atoms with Crippen LogP contribution in [0.5, 0.6) is 0 Å². The van der Waals surface area contributed by atoms with Gasteiger partial charge in [-0.05, 0) is 24.6 Å². The summed E-state index contributed by atoms with van der Waals surface area (Å²) in [6.45, 7) is 4.70. The molecule has 0 spiro atoms. The van der Waals surface area contributed by atoms with Crippen LogP contribution in [0.1, 0.15) is 36.5 Å². The van der Waals surface area contributed by atoms with Crippen molar-refractivity contribution in [2.75, 3.05) is 6.54 Å². The summed E-state index contributed by atoms with van der Waals surface area (Å²) in [6, 6.07) is 4.95. The van der Waals surface area contributed by atoms with Crippen LogP contribution in [-0.4, -0.2) is 33.1 Å². The maximum absolute atomic E-state index is 11.0. The topological polar surface area (TPSA) is 84.2 Å². The number of nitrogens with one attached hydrogen (secondary N) is 1. The maximum atomic E-state index is 11.0. The highest BCUT2D eigenvalue weighted by atomic mass is 16.4. The van der Waals surface area contributed by atoms with Gasteiger partial charge < -0.3 is 15.0 Å². The molecule has 0 atom stereocenters. The molecule has 1 amide bonds.